The van der Waals surface area contributed by atoms with Gasteiger partial charge in [0.15, 0.2) is 0 Å². The second-order valence-electron chi connectivity index (χ2n) is 4.74. The molecular weight excluding hydrogens is 217 g/mol. The van der Waals surface area contributed by atoms with E-state index in [4.69, 9.17) is 4.74 Å². The van der Waals surface area contributed by atoms with Gasteiger partial charge >= 0.3 is 0 Å². The first-order valence-corrected chi connectivity index (χ1v) is 6.26. The van der Waals surface area contributed by atoms with Gasteiger partial charge in [-0.2, -0.15) is 0 Å². The lowest BCUT2D eigenvalue weighted by molar-refractivity contribution is 0.183. The van der Waals surface area contributed by atoms with Gasteiger partial charge in [0, 0.05) is 7.11 Å². The molecule has 1 aliphatic heterocycles. The topological polar surface area (TPSA) is 21.3 Å². The van der Waals surface area contributed by atoms with E-state index in [0.717, 1.165) is 31.0 Å². The number of benzene rings is 1. The second kappa shape index (κ2) is 6.12. The number of hydrogen-bond acceptors (Lipinski definition) is 2. The first-order chi connectivity index (χ1) is 8.29. The summed E-state index contributed by atoms with van der Waals surface area (Å²) in [6.45, 7) is 2.70. The van der Waals surface area contributed by atoms with Crippen LogP contribution in [-0.4, -0.2) is 20.2 Å². The summed E-state index contributed by atoms with van der Waals surface area (Å²) in [5.74, 6) is 0.545. The Morgan fingerprint density at radius 1 is 1.29 bits per heavy atom. The molecule has 17 heavy (non-hydrogen) atoms. The number of piperidine rings is 1. The van der Waals surface area contributed by atoms with Crippen LogP contribution in [0.4, 0.5) is 4.39 Å². The van der Waals surface area contributed by atoms with Gasteiger partial charge in [-0.05, 0) is 61.5 Å². The highest BCUT2D eigenvalue weighted by Gasteiger charge is 2.15. The van der Waals surface area contributed by atoms with Gasteiger partial charge < -0.3 is 10.1 Å². The van der Waals surface area contributed by atoms with E-state index >= 15 is 0 Å². The molecule has 0 aliphatic carbocycles. The monoisotopic (exact) mass is 237 g/mol. The molecule has 1 aliphatic rings. The van der Waals surface area contributed by atoms with Gasteiger partial charge in [0.1, 0.15) is 5.82 Å². The first-order valence-electron chi connectivity index (χ1n) is 6.26. The van der Waals surface area contributed by atoms with Crippen molar-refractivity contribution in [3.63, 3.8) is 0 Å². The molecule has 0 amide bonds. The van der Waals surface area contributed by atoms with Gasteiger partial charge in [0.05, 0.1) is 6.61 Å². The maximum absolute atomic E-state index is 13.2. The third kappa shape index (κ3) is 3.51. The van der Waals surface area contributed by atoms with Gasteiger partial charge in [0.25, 0.3) is 0 Å². The van der Waals surface area contributed by atoms with Crippen molar-refractivity contribution >= 4 is 0 Å². The van der Waals surface area contributed by atoms with E-state index < -0.39 is 0 Å². The van der Waals surface area contributed by atoms with Crippen molar-refractivity contribution in [2.24, 2.45) is 5.92 Å². The summed E-state index contributed by atoms with van der Waals surface area (Å²) < 4.78 is 18.3. The van der Waals surface area contributed by atoms with Crippen molar-refractivity contribution in [2.75, 3.05) is 20.2 Å². The summed E-state index contributed by atoms with van der Waals surface area (Å²) in [6, 6.07) is 5.06. The van der Waals surface area contributed by atoms with Crippen molar-refractivity contribution in [3.05, 3.63) is 35.1 Å². The predicted octanol–water partition coefficient (Wildman–Crippen LogP) is 2.51. The molecule has 0 unspecified atom stereocenters. The lowest BCUT2D eigenvalue weighted by atomic mass is 9.89. The van der Waals surface area contributed by atoms with E-state index in [2.05, 4.69) is 5.32 Å². The molecule has 3 heteroatoms. The highest BCUT2D eigenvalue weighted by Crippen LogP contribution is 2.21. The molecule has 1 N–H and O–H groups in total. The lowest BCUT2D eigenvalue weighted by Crippen LogP contribution is -2.28. The van der Waals surface area contributed by atoms with E-state index in [0.29, 0.717) is 6.61 Å². The third-order valence-corrected chi connectivity index (χ3v) is 3.44. The Labute approximate surface area is 102 Å². The van der Waals surface area contributed by atoms with Crippen LogP contribution in [0.5, 0.6) is 0 Å². The van der Waals surface area contributed by atoms with Crippen LogP contribution in [-0.2, 0) is 17.8 Å². The van der Waals surface area contributed by atoms with Crippen molar-refractivity contribution in [2.45, 2.75) is 25.9 Å². The van der Waals surface area contributed by atoms with Crippen molar-refractivity contribution in [3.8, 4) is 0 Å². The minimum atomic E-state index is -0.175. The third-order valence-electron chi connectivity index (χ3n) is 3.44. The molecule has 1 saturated heterocycles. The molecule has 1 fully saturated rings. The standard InChI is InChI=1S/C14H20FNO/c1-17-10-13-9-14(15)3-2-12(13)8-11-4-6-16-7-5-11/h2-3,9,11,16H,4-8,10H2,1H3. The van der Waals surface area contributed by atoms with Crippen LogP contribution < -0.4 is 5.32 Å². The fourth-order valence-corrected chi connectivity index (χ4v) is 2.48. The van der Waals surface area contributed by atoms with E-state index in [-0.39, 0.29) is 5.82 Å². The van der Waals surface area contributed by atoms with E-state index in [1.54, 1.807) is 19.2 Å². The van der Waals surface area contributed by atoms with Crippen LogP contribution in [0.1, 0.15) is 24.0 Å². The SMILES string of the molecule is COCc1cc(F)ccc1CC1CCNCC1. The minimum Gasteiger partial charge on any atom is -0.380 e. The molecular formula is C14H20FNO. The molecule has 0 radical (unpaired) electrons. The summed E-state index contributed by atoms with van der Waals surface area (Å²) in [5.41, 5.74) is 2.23. The predicted molar refractivity (Wildman–Crippen MR) is 66.4 cm³/mol. The van der Waals surface area contributed by atoms with Crippen LogP contribution in [0.3, 0.4) is 0 Å². The van der Waals surface area contributed by atoms with Crippen LogP contribution in [0.25, 0.3) is 0 Å². The van der Waals surface area contributed by atoms with Crippen LogP contribution >= 0.6 is 0 Å². The highest BCUT2D eigenvalue weighted by molar-refractivity contribution is 5.28. The van der Waals surface area contributed by atoms with Gasteiger partial charge in [-0.25, -0.2) is 4.39 Å². The van der Waals surface area contributed by atoms with Crippen LogP contribution in [0, 0.1) is 11.7 Å². The molecule has 1 aromatic rings. The molecule has 0 spiro atoms. The van der Waals surface area contributed by atoms with Gasteiger partial charge in [0.2, 0.25) is 0 Å². The number of halogens is 1. The van der Waals surface area contributed by atoms with Gasteiger partial charge in [-0.15, -0.1) is 0 Å². The zero-order valence-corrected chi connectivity index (χ0v) is 10.3. The highest BCUT2D eigenvalue weighted by atomic mass is 19.1. The number of ether oxygens (including phenoxy) is 1. The summed E-state index contributed by atoms with van der Waals surface area (Å²) in [5, 5.41) is 3.36. The average molecular weight is 237 g/mol. The molecule has 0 bridgehead atoms. The Kier molecular flexibility index (Phi) is 4.51. The lowest BCUT2D eigenvalue weighted by Gasteiger charge is -2.23. The Bertz CT molecular complexity index is 361. The maximum Gasteiger partial charge on any atom is 0.123 e. The zero-order chi connectivity index (χ0) is 12.1. The summed E-state index contributed by atoms with van der Waals surface area (Å²) in [6.07, 6.45) is 3.47. The number of methoxy groups -OCH3 is 1. The average Bonchev–Trinajstić information content (AvgIpc) is 2.34. The number of nitrogens with one attached hydrogen (secondary N) is 1. The fourth-order valence-electron chi connectivity index (χ4n) is 2.48. The second-order valence-corrected chi connectivity index (χ2v) is 4.74. The Hall–Kier alpha value is -0.930. The minimum absolute atomic E-state index is 0.175. The summed E-state index contributed by atoms with van der Waals surface area (Å²) >= 11 is 0. The first kappa shape index (κ1) is 12.5. The van der Waals surface area contributed by atoms with Gasteiger partial charge in [-0.3, -0.25) is 0 Å². The van der Waals surface area contributed by atoms with Crippen molar-refractivity contribution in [1.82, 2.24) is 5.32 Å². The number of rotatable bonds is 4. The molecule has 2 nitrogen and oxygen atoms in total. The maximum atomic E-state index is 13.2. The Morgan fingerprint density at radius 2 is 2.06 bits per heavy atom. The Balaban J connectivity index is 2.07. The van der Waals surface area contributed by atoms with Crippen molar-refractivity contribution in [1.29, 1.82) is 0 Å². The molecule has 1 heterocycles. The molecule has 2 rings (SSSR count). The van der Waals surface area contributed by atoms with Crippen LogP contribution in [0.2, 0.25) is 0 Å². The Morgan fingerprint density at radius 3 is 2.76 bits per heavy atom. The van der Waals surface area contributed by atoms with Crippen molar-refractivity contribution < 1.29 is 9.13 Å². The summed E-state index contributed by atoms with van der Waals surface area (Å²) in [7, 11) is 1.65. The normalized spacial score (nSPS) is 17.3. The van der Waals surface area contributed by atoms with E-state index in [1.807, 2.05) is 6.07 Å². The molecule has 0 saturated carbocycles. The number of hydrogen-bond donors (Lipinski definition) is 1. The zero-order valence-electron chi connectivity index (χ0n) is 10.3. The fraction of sp³-hybridized carbons (Fsp3) is 0.571. The van der Waals surface area contributed by atoms with E-state index in [9.17, 15) is 4.39 Å². The smallest absolute Gasteiger partial charge is 0.123 e. The van der Waals surface area contributed by atoms with Gasteiger partial charge in [-0.1, -0.05) is 6.07 Å². The molecule has 0 aromatic heterocycles. The molecule has 1 aromatic carbocycles. The largest absolute Gasteiger partial charge is 0.380 e. The quantitative estimate of drug-likeness (QED) is 0.868. The summed E-state index contributed by atoms with van der Waals surface area (Å²) in [4.78, 5) is 0. The molecule has 94 valence electrons. The van der Waals surface area contributed by atoms with E-state index in [1.165, 1.54) is 18.4 Å². The van der Waals surface area contributed by atoms with Crippen LogP contribution in [0.15, 0.2) is 18.2 Å². The molecule has 0 atom stereocenters.